The van der Waals surface area contributed by atoms with Gasteiger partial charge >= 0.3 is 0 Å². The van der Waals surface area contributed by atoms with Crippen molar-refractivity contribution in [2.75, 3.05) is 29.0 Å². The molecule has 9 nitrogen and oxygen atoms in total. The Balaban J connectivity index is 1.49. The monoisotopic (exact) mass is 508 g/mol. The Morgan fingerprint density at radius 3 is 2.28 bits per heavy atom. The van der Waals surface area contributed by atoms with Crippen LogP contribution in [0.1, 0.15) is 16.7 Å². The minimum Gasteiger partial charge on any atom is -0.484 e. The number of amides is 2. The number of anilines is 2. The molecule has 0 radical (unpaired) electrons. The van der Waals surface area contributed by atoms with E-state index in [9.17, 15) is 18.0 Å². The number of carbonyl (C=O) groups is 2. The molecule has 2 N–H and O–H groups in total. The minimum atomic E-state index is -3.66. The summed E-state index contributed by atoms with van der Waals surface area (Å²) in [4.78, 5) is 24.4. The maximum absolute atomic E-state index is 12.3. The zero-order chi connectivity index (χ0) is 26.1. The predicted molar refractivity (Wildman–Crippen MR) is 141 cm³/mol. The van der Waals surface area contributed by atoms with Crippen LogP contribution >= 0.6 is 0 Å². The SMILES string of the molecule is Cc1ccc(NC(=O)COc2ccc(/C=N\NC(=O)CN(c3cccc(C)c3)S(C)(=O)=O)cc2)cc1. The van der Waals surface area contributed by atoms with Gasteiger partial charge in [-0.05, 0) is 73.5 Å². The Morgan fingerprint density at radius 2 is 1.64 bits per heavy atom. The van der Waals surface area contributed by atoms with Crippen molar-refractivity contribution in [3.8, 4) is 5.75 Å². The summed E-state index contributed by atoms with van der Waals surface area (Å²) in [7, 11) is -3.66. The molecule has 0 bridgehead atoms. The number of nitrogens with one attached hydrogen (secondary N) is 2. The molecular weight excluding hydrogens is 480 g/mol. The Bertz CT molecular complexity index is 1340. The number of ether oxygens (including phenoxy) is 1. The molecule has 3 aromatic carbocycles. The van der Waals surface area contributed by atoms with E-state index in [0.717, 1.165) is 21.7 Å². The number of hydrogen-bond donors (Lipinski definition) is 2. The highest BCUT2D eigenvalue weighted by molar-refractivity contribution is 7.92. The van der Waals surface area contributed by atoms with E-state index in [1.807, 2.05) is 44.2 Å². The zero-order valence-electron chi connectivity index (χ0n) is 20.3. The van der Waals surface area contributed by atoms with Crippen molar-refractivity contribution in [1.82, 2.24) is 5.43 Å². The van der Waals surface area contributed by atoms with Gasteiger partial charge in [0.05, 0.1) is 18.2 Å². The van der Waals surface area contributed by atoms with Gasteiger partial charge in [0.1, 0.15) is 12.3 Å². The van der Waals surface area contributed by atoms with Gasteiger partial charge < -0.3 is 10.1 Å². The molecule has 10 heteroatoms. The largest absolute Gasteiger partial charge is 0.484 e. The van der Waals surface area contributed by atoms with E-state index in [4.69, 9.17) is 4.74 Å². The smallest absolute Gasteiger partial charge is 0.262 e. The Kier molecular flexibility index (Phi) is 8.80. The molecule has 0 unspecified atom stereocenters. The van der Waals surface area contributed by atoms with Crippen molar-refractivity contribution in [2.45, 2.75) is 13.8 Å². The number of hydrazone groups is 1. The second-order valence-corrected chi connectivity index (χ2v) is 10.1. The molecule has 0 fully saturated rings. The van der Waals surface area contributed by atoms with Gasteiger partial charge in [-0.3, -0.25) is 13.9 Å². The van der Waals surface area contributed by atoms with Crippen LogP contribution in [-0.2, 0) is 19.6 Å². The molecule has 0 saturated heterocycles. The quantitative estimate of drug-likeness (QED) is 0.322. The molecule has 0 aliphatic carbocycles. The third kappa shape index (κ3) is 8.24. The van der Waals surface area contributed by atoms with Gasteiger partial charge in [-0.15, -0.1) is 0 Å². The summed E-state index contributed by atoms with van der Waals surface area (Å²) >= 11 is 0. The van der Waals surface area contributed by atoms with Crippen LogP contribution in [0.5, 0.6) is 5.75 Å². The van der Waals surface area contributed by atoms with E-state index >= 15 is 0 Å². The second-order valence-electron chi connectivity index (χ2n) is 8.17. The van der Waals surface area contributed by atoms with Gasteiger partial charge in [-0.2, -0.15) is 5.10 Å². The summed E-state index contributed by atoms with van der Waals surface area (Å²) in [6.45, 7) is 3.26. The molecule has 188 valence electrons. The minimum absolute atomic E-state index is 0.144. The summed E-state index contributed by atoms with van der Waals surface area (Å²) < 4.78 is 30.9. The van der Waals surface area contributed by atoms with Crippen molar-refractivity contribution in [1.29, 1.82) is 0 Å². The normalized spacial score (nSPS) is 11.2. The molecule has 0 atom stereocenters. The van der Waals surface area contributed by atoms with Crippen LogP contribution in [0.4, 0.5) is 11.4 Å². The lowest BCUT2D eigenvalue weighted by Gasteiger charge is -2.21. The van der Waals surface area contributed by atoms with Crippen molar-refractivity contribution >= 4 is 39.4 Å². The average molecular weight is 509 g/mol. The average Bonchev–Trinajstić information content (AvgIpc) is 2.83. The van der Waals surface area contributed by atoms with Gasteiger partial charge in [0, 0.05) is 5.69 Å². The first-order valence-corrected chi connectivity index (χ1v) is 12.9. The van der Waals surface area contributed by atoms with E-state index in [2.05, 4.69) is 15.8 Å². The molecule has 0 heterocycles. The third-order valence-electron chi connectivity index (χ3n) is 4.97. The molecular formula is C26H28N4O5S. The fraction of sp³-hybridized carbons (Fsp3) is 0.192. The molecule has 36 heavy (non-hydrogen) atoms. The number of benzene rings is 3. The van der Waals surface area contributed by atoms with Crippen LogP contribution in [0, 0.1) is 13.8 Å². The van der Waals surface area contributed by atoms with Gasteiger partial charge in [-0.1, -0.05) is 29.8 Å². The lowest BCUT2D eigenvalue weighted by molar-refractivity contribution is -0.119. The van der Waals surface area contributed by atoms with Crippen LogP contribution in [0.3, 0.4) is 0 Å². The first-order valence-electron chi connectivity index (χ1n) is 11.1. The van der Waals surface area contributed by atoms with Crippen LogP contribution < -0.4 is 19.8 Å². The highest BCUT2D eigenvalue weighted by Gasteiger charge is 2.20. The highest BCUT2D eigenvalue weighted by atomic mass is 32.2. The number of rotatable bonds is 10. The molecule has 2 amide bonds. The van der Waals surface area contributed by atoms with Crippen molar-refractivity contribution in [2.24, 2.45) is 5.10 Å². The Morgan fingerprint density at radius 1 is 0.944 bits per heavy atom. The summed E-state index contributed by atoms with van der Waals surface area (Å²) in [6.07, 6.45) is 2.46. The lowest BCUT2D eigenvalue weighted by atomic mass is 10.2. The van der Waals surface area contributed by atoms with Crippen LogP contribution in [0.2, 0.25) is 0 Å². The fourth-order valence-electron chi connectivity index (χ4n) is 3.16. The van der Waals surface area contributed by atoms with Crippen LogP contribution in [0.15, 0.2) is 77.9 Å². The first kappa shape index (κ1) is 26.4. The number of hydrogen-bond acceptors (Lipinski definition) is 6. The van der Waals surface area contributed by atoms with Gasteiger partial charge in [-0.25, -0.2) is 13.8 Å². The summed E-state index contributed by atoms with van der Waals surface area (Å²) in [5.74, 6) is -0.365. The van der Waals surface area contributed by atoms with Gasteiger partial charge in [0.15, 0.2) is 6.61 Å². The number of nitrogens with zero attached hydrogens (tertiary/aromatic N) is 2. The highest BCUT2D eigenvalue weighted by Crippen LogP contribution is 2.18. The maximum atomic E-state index is 12.3. The number of carbonyl (C=O) groups excluding carboxylic acids is 2. The topological polar surface area (TPSA) is 117 Å². The molecule has 0 aliphatic rings. The van der Waals surface area contributed by atoms with E-state index < -0.39 is 22.5 Å². The number of aryl methyl sites for hydroxylation is 2. The molecule has 3 rings (SSSR count). The summed E-state index contributed by atoms with van der Waals surface area (Å²) in [5, 5.41) is 6.65. The maximum Gasteiger partial charge on any atom is 0.262 e. The fourth-order valence-corrected chi connectivity index (χ4v) is 4.01. The Hall–Kier alpha value is -4.18. The van der Waals surface area contributed by atoms with E-state index in [1.165, 1.54) is 6.21 Å². The van der Waals surface area contributed by atoms with Gasteiger partial charge in [0.2, 0.25) is 10.0 Å². The van der Waals surface area contributed by atoms with E-state index in [-0.39, 0.29) is 12.5 Å². The molecule has 0 spiro atoms. The van der Waals surface area contributed by atoms with Gasteiger partial charge in [0.25, 0.3) is 11.8 Å². The first-order chi connectivity index (χ1) is 17.1. The van der Waals surface area contributed by atoms with E-state index in [1.54, 1.807) is 42.5 Å². The van der Waals surface area contributed by atoms with Crippen molar-refractivity contribution in [3.05, 3.63) is 89.5 Å². The second kappa shape index (κ2) is 12.0. The summed E-state index contributed by atoms with van der Waals surface area (Å²) in [5.41, 5.74) is 6.09. The summed E-state index contributed by atoms with van der Waals surface area (Å²) in [6, 6.07) is 21.1. The molecule has 0 saturated carbocycles. The molecule has 0 aromatic heterocycles. The predicted octanol–water partition coefficient (Wildman–Crippen LogP) is 3.24. The zero-order valence-corrected chi connectivity index (χ0v) is 21.1. The van der Waals surface area contributed by atoms with Crippen LogP contribution in [0.25, 0.3) is 0 Å². The lowest BCUT2D eigenvalue weighted by Crippen LogP contribution is -2.39. The van der Waals surface area contributed by atoms with E-state index in [0.29, 0.717) is 22.7 Å². The molecule has 0 aliphatic heterocycles. The Labute approximate surface area is 210 Å². The standard InChI is InChI=1S/C26H28N4O5S/c1-19-7-11-22(12-8-19)28-26(32)18-35-24-13-9-21(10-14-24)16-27-29-25(31)17-30(36(3,33)34)23-6-4-5-20(2)15-23/h4-16H,17-18H2,1-3H3,(H,28,32)(H,29,31)/b27-16-. The third-order valence-corrected chi connectivity index (χ3v) is 6.11. The van der Waals surface area contributed by atoms with Crippen molar-refractivity contribution in [3.63, 3.8) is 0 Å². The number of sulfonamides is 1. The van der Waals surface area contributed by atoms with Crippen LogP contribution in [-0.4, -0.2) is 45.9 Å². The van der Waals surface area contributed by atoms with Crippen molar-refractivity contribution < 1.29 is 22.7 Å². The molecule has 3 aromatic rings.